The van der Waals surface area contributed by atoms with Crippen LogP contribution in [0.2, 0.25) is 0 Å². The number of rotatable bonds is 3. The molecule has 17 heavy (non-hydrogen) atoms. The largest absolute Gasteiger partial charge is 0.573 e. The standard InChI is InChI=1S/C11H9F3O3/c12-11(13,14)17-7-3-1-6(2-4-7)8-5-9(8)10(15)16/h1-4,8-9H,5H2,(H,15,16)/t8?,9-/m1/s1. The number of alkyl halides is 3. The number of ether oxygens (including phenoxy) is 1. The van der Waals surface area contributed by atoms with E-state index >= 15 is 0 Å². The van der Waals surface area contributed by atoms with Crippen molar-refractivity contribution in [2.75, 3.05) is 0 Å². The number of aliphatic carboxylic acids is 1. The first kappa shape index (κ1) is 11.8. The summed E-state index contributed by atoms with van der Waals surface area (Å²) in [6.45, 7) is 0. The fourth-order valence-corrected chi connectivity index (χ4v) is 1.75. The van der Waals surface area contributed by atoms with Crippen LogP contribution in [-0.2, 0) is 4.79 Å². The predicted octanol–water partition coefficient (Wildman–Crippen LogP) is 2.77. The van der Waals surface area contributed by atoms with Gasteiger partial charge in [-0.25, -0.2) is 0 Å². The molecule has 2 atom stereocenters. The van der Waals surface area contributed by atoms with Gasteiger partial charge in [0.05, 0.1) is 5.92 Å². The van der Waals surface area contributed by atoms with E-state index in [1.807, 2.05) is 0 Å². The Morgan fingerprint density at radius 1 is 1.29 bits per heavy atom. The smallest absolute Gasteiger partial charge is 0.481 e. The summed E-state index contributed by atoms with van der Waals surface area (Å²) >= 11 is 0. The molecule has 0 amide bonds. The van der Waals surface area contributed by atoms with Crippen LogP contribution in [0.15, 0.2) is 24.3 Å². The number of carbonyl (C=O) groups is 1. The summed E-state index contributed by atoms with van der Waals surface area (Å²) < 4.78 is 39.4. The Morgan fingerprint density at radius 3 is 2.29 bits per heavy atom. The molecule has 3 nitrogen and oxygen atoms in total. The molecular weight excluding hydrogens is 237 g/mol. The van der Waals surface area contributed by atoms with E-state index in [0.717, 1.165) is 5.56 Å². The third kappa shape index (κ3) is 2.89. The molecule has 1 aliphatic carbocycles. The van der Waals surface area contributed by atoms with E-state index in [-0.39, 0.29) is 11.7 Å². The summed E-state index contributed by atoms with van der Waals surface area (Å²) in [7, 11) is 0. The lowest BCUT2D eigenvalue weighted by Gasteiger charge is -2.09. The fourth-order valence-electron chi connectivity index (χ4n) is 1.75. The Morgan fingerprint density at radius 2 is 1.88 bits per heavy atom. The molecule has 1 unspecified atom stereocenters. The number of carboxylic acid groups (broad SMARTS) is 1. The third-order valence-electron chi connectivity index (χ3n) is 2.65. The van der Waals surface area contributed by atoms with Gasteiger partial charge in [0.25, 0.3) is 0 Å². The second kappa shape index (κ2) is 3.94. The number of hydrogen-bond donors (Lipinski definition) is 1. The molecule has 1 aliphatic rings. The van der Waals surface area contributed by atoms with Gasteiger partial charge in [0.2, 0.25) is 0 Å². The van der Waals surface area contributed by atoms with Gasteiger partial charge in [-0.2, -0.15) is 0 Å². The average Bonchev–Trinajstić information content (AvgIpc) is 2.96. The van der Waals surface area contributed by atoms with Gasteiger partial charge in [-0.05, 0) is 30.0 Å². The first-order valence-electron chi connectivity index (χ1n) is 4.95. The highest BCUT2D eigenvalue weighted by molar-refractivity contribution is 5.75. The minimum absolute atomic E-state index is 0.0903. The zero-order chi connectivity index (χ0) is 12.6. The molecule has 1 aromatic rings. The number of carboxylic acids is 1. The Labute approximate surface area is 94.8 Å². The summed E-state index contributed by atoms with van der Waals surface area (Å²) in [6, 6.07) is 5.32. The van der Waals surface area contributed by atoms with E-state index in [9.17, 15) is 18.0 Å². The molecule has 1 saturated carbocycles. The molecule has 2 rings (SSSR count). The SMILES string of the molecule is O=C(O)[C@@H]1CC1c1ccc(OC(F)(F)F)cc1. The maximum atomic E-state index is 11.9. The maximum Gasteiger partial charge on any atom is 0.573 e. The normalized spacial score (nSPS) is 23.2. The molecule has 0 radical (unpaired) electrons. The van der Waals surface area contributed by atoms with Crippen molar-refractivity contribution in [3.05, 3.63) is 29.8 Å². The second-order valence-corrected chi connectivity index (χ2v) is 3.90. The lowest BCUT2D eigenvalue weighted by Crippen LogP contribution is -2.17. The van der Waals surface area contributed by atoms with Crippen LogP contribution in [0.25, 0.3) is 0 Å². The minimum Gasteiger partial charge on any atom is -0.481 e. The van der Waals surface area contributed by atoms with Gasteiger partial charge >= 0.3 is 12.3 Å². The van der Waals surface area contributed by atoms with Crippen molar-refractivity contribution in [3.63, 3.8) is 0 Å². The predicted molar refractivity (Wildman–Crippen MR) is 51.6 cm³/mol. The highest BCUT2D eigenvalue weighted by Crippen LogP contribution is 2.47. The van der Waals surface area contributed by atoms with Gasteiger partial charge in [0.15, 0.2) is 0 Å². The van der Waals surface area contributed by atoms with Gasteiger partial charge in [0, 0.05) is 0 Å². The van der Waals surface area contributed by atoms with Crippen LogP contribution in [0.3, 0.4) is 0 Å². The van der Waals surface area contributed by atoms with Crippen molar-refractivity contribution in [2.45, 2.75) is 18.7 Å². The van der Waals surface area contributed by atoms with Gasteiger partial charge < -0.3 is 9.84 Å². The fraction of sp³-hybridized carbons (Fsp3) is 0.364. The Bertz CT molecular complexity index is 425. The van der Waals surface area contributed by atoms with Crippen molar-refractivity contribution in [1.29, 1.82) is 0 Å². The molecule has 0 bridgehead atoms. The topological polar surface area (TPSA) is 46.5 Å². The molecular formula is C11H9F3O3. The van der Waals surface area contributed by atoms with E-state index in [4.69, 9.17) is 5.11 Å². The van der Waals surface area contributed by atoms with E-state index in [2.05, 4.69) is 4.74 Å². The van der Waals surface area contributed by atoms with Crippen molar-refractivity contribution in [1.82, 2.24) is 0 Å². The highest BCUT2D eigenvalue weighted by atomic mass is 19.4. The third-order valence-corrected chi connectivity index (χ3v) is 2.65. The van der Waals surface area contributed by atoms with E-state index in [1.54, 1.807) is 0 Å². The maximum absolute atomic E-state index is 11.9. The van der Waals surface area contributed by atoms with Gasteiger partial charge in [-0.15, -0.1) is 13.2 Å². The van der Waals surface area contributed by atoms with Crippen LogP contribution in [0.5, 0.6) is 5.75 Å². The second-order valence-electron chi connectivity index (χ2n) is 3.90. The summed E-state index contributed by atoms with van der Waals surface area (Å²) in [5.74, 6) is -1.67. The van der Waals surface area contributed by atoms with Crippen LogP contribution in [0.1, 0.15) is 17.9 Å². The Hall–Kier alpha value is -1.72. The first-order valence-corrected chi connectivity index (χ1v) is 4.95. The number of hydrogen-bond acceptors (Lipinski definition) is 2. The van der Waals surface area contributed by atoms with Crippen LogP contribution in [0.4, 0.5) is 13.2 Å². The average molecular weight is 246 g/mol. The molecule has 0 heterocycles. The van der Waals surface area contributed by atoms with Crippen molar-refractivity contribution < 1.29 is 27.8 Å². The van der Waals surface area contributed by atoms with Crippen molar-refractivity contribution >= 4 is 5.97 Å². The zero-order valence-corrected chi connectivity index (χ0v) is 8.57. The minimum atomic E-state index is -4.70. The highest BCUT2D eigenvalue weighted by Gasteiger charge is 2.44. The Balaban J connectivity index is 2.02. The molecule has 92 valence electrons. The van der Waals surface area contributed by atoms with Crippen LogP contribution >= 0.6 is 0 Å². The van der Waals surface area contributed by atoms with Gasteiger partial charge in [-0.3, -0.25) is 4.79 Å². The summed E-state index contributed by atoms with van der Waals surface area (Å²) in [6.07, 6.45) is -4.17. The van der Waals surface area contributed by atoms with E-state index in [1.165, 1.54) is 24.3 Å². The van der Waals surface area contributed by atoms with Crippen molar-refractivity contribution in [3.8, 4) is 5.75 Å². The Kier molecular flexibility index (Phi) is 2.73. The lowest BCUT2D eigenvalue weighted by molar-refractivity contribution is -0.274. The summed E-state index contributed by atoms with van der Waals surface area (Å²) in [5, 5.41) is 8.72. The molecule has 1 fully saturated rings. The monoisotopic (exact) mass is 246 g/mol. The number of halogens is 3. The lowest BCUT2D eigenvalue weighted by atomic mass is 10.1. The summed E-state index contributed by atoms with van der Waals surface area (Å²) in [5.41, 5.74) is 0.729. The van der Waals surface area contributed by atoms with Gasteiger partial charge in [0.1, 0.15) is 5.75 Å². The first-order chi connectivity index (χ1) is 7.87. The molecule has 1 N–H and O–H groups in total. The number of benzene rings is 1. The van der Waals surface area contributed by atoms with Crippen LogP contribution in [0, 0.1) is 5.92 Å². The van der Waals surface area contributed by atoms with Gasteiger partial charge in [-0.1, -0.05) is 12.1 Å². The quantitative estimate of drug-likeness (QED) is 0.891. The molecule has 6 heteroatoms. The zero-order valence-electron chi connectivity index (χ0n) is 8.57. The van der Waals surface area contributed by atoms with E-state index in [0.29, 0.717) is 6.42 Å². The molecule has 0 aliphatic heterocycles. The summed E-state index contributed by atoms with van der Waals surface area (Å²) in [4.78, 5) is 10.6. The van der Waals surface area contributed by atoms with Crippen molar-refractivity contribution in [2.24, 2.45) is 5.92 Å². The van der Waals surface area contributed by atoms with Crippen LogP contribution in [-0.4, -0.2) is 17.4 Å². The van der Waals surface area contributed by atoms with Crippen LogP contribution < -0.4 is 4.74 Å². The molecule has 0 saturated heterocycles. The van der Waals surface area contributed by atoms with E-state index < -0.39 is 18.2 Å². The molecule has 1 aromatic carbocycles. The molecule has 0 spiro atoms. The molecule has 0 aromatic heterocycles.